The van der Waals surface area contributed by atoms with Crippen LogP contribution in [0.25, 0.3) is 5.69 Å². The monoisotopic (exact) mass is 688 g/mol. The third-order valence-corrected chi connectivity index (χ3v) is 9.04. The minimum absolute atomic E-state index is 0.0717. The van der Waals surface area contributed by atoms with E-state index in [0.717, 1.165) is 44.1 Å². The number of benzene rings is 3. The fourth-order valence-corrected chi connectivity index (χ4v) is 6.62. The molecule has 9 nitrogen and oxygen atoms in total. The highest BCUT2D eigenvalue weighted by Gasteiger charge is 2.46. The lowest BCUT2D eigenvalue weighted by Crippen LogP contribution is -2.55. The highest BCUT2D eigenvalue weighted by Crippen LogP contribution is 2.44. The second-order valence-corrected chi connectivity index (χ2v) is 12.3. The molecule has 0 saturated carbocycles. The first-order chi connectivity index (χ1) is 24.0. The summed E-state index contributed by atoms with van der Waals surface area (Å²) in [5.74, 6) is -2.91. The molecule has 260 valence electrons. The summed E-state index contributed by atoms with van der Waals surface area (Å²) >= 11 is 0. The number of para-hydroxylation sites is 1. The fraction of sp³-hybridized carbons (Fsp3) is 0.297. The first-order valence-electron chi connectivity index (χ1n) is 16.4. The number of aromatic nitrogens is 2. The average molecular weight is 689 g/mol. The van der Waals surface area contributed by atoms with Crippen molar-refractivity contribution in [2.45, 2.75) is 44.4 Å². The topological polar surface area (TPSA) is 99.6 Å². The van der Waals surface area contributed by atoms with E-state index < -0.39 is 41.3 Å². The van der Waals surface area contributed by atoms with Crippen molar-refractivity contribution in [3.8, 4) is 5.69 Å². The van der Waals surface area contributed by atoms with Gasteiger partial charge in [-0.15, -0.1) is 0 Å². The van der Waals surface area contributed by atoms with Crippen LogP contribution in [-0.4, -0.2) is 64.6 Å². The quantitative estimate of drug-likeness (QED) is 0.167. The predicted molar refractivity (Wildman–Crippen MR) is 179 cm³/mol. The molecule has 0 aliphatic carbocycles. The molecule has 3 heterocycles. The molecule has 4 aromatic rings. The molecule has 2 aliphatic heterocycles. The van der Waals surface area contributed by atoms with Crippen molar-refractivity contribution in [2.75, 3.05) is 31.1 Å². The van der Waals surface area contributed by atoms with E-state index in [0.29, 0.717) is 40.4 Å². The highest BCUT2D eigenvalue weighted by molar-refractivity contribution is 6.05. The van der Waals surface area contributed by atoms with Crippen LogP contribution in [0.5, 0.6) is 0 Å². The van der Waals surface area contributed by atoms with Gasteiger partial charge in [-0.3, -0.25) is 24.2 Å². The maximum absolute atomic E-state index is 14.4. The van der Waals surface area contributed by atoms with Crippen molar-refractivity contribution in [2.24, 2.45) is 0 Å². The maximum atomic E-state index is 14.4. The largest absolute Gasteiger partial charge is 0.416 e. The number of likely N-dealkylation sites (tertiary alicyclic amines) is 1. The first kappa shape index (κ1) is 34.6. The van der Waals surface area contributed by atoms with E-state index in [1.807, 2.05) is 18.2 Å². The molecule has 2 N–H and O–H groups in total. The Kier molecular flexibility index (Phi) is 9.87. The summed E-state index contributed by atoms with van der Waals surface area (Å²) in [6.45, 7) is 8.00. The average Bonchev–Trinajstić information content (AvgIpc) is 3.76. The summed E-state index contributed by atoms with van der Waals surface area (Å²) in [7, 11) is 0. The summed E-state index contributed by atoms with van der Waals surface area (Å²) in [5, 5.41) is 10.5. The maximum Gasteiger partial charge on any atom is 0.416 e. The number of amides is 3. The number of alkyl halides is 3. The van der Waals surface area contributed by atoms with Crippen molar-refractivity contribution >= 4 is 23.5 Å². The van der Waals surface area contributed by atoms with Crippen LogP contribution in [0, 0.1) is 5.82 Å². The number of hydrogen-bond acceptors (Lipinski definition) is 5. The number of likely N-dealkylation sites (N-methyl/N-ethyl adjacent to an activating group) is 1. The summed E-state index contributed by atoms with van der Waals surface area (Å²) in [6, 6.07) is 17.1. The molecular formula is C37H36F4N6O3. The van der Waals surface area contributed by atoms with Crippen LogP contribution in [0.3, 0.4) is 0 Å². The Morgan fingerprint density at radius 3 is 2.34 bits per heavy atom. The minimum Gasteiger partial charge on any atom is -0.347 e. The zero-order valence-corrected chi connectivity index (χ0v) is 27.3. The SMILES string of the molecule is C=C(CN1CCCC1)C(=O)NCc1nn(-c2ccccc2)c2c1[C@H](c1ccc(F)cc1)[C@H](NC(=O)c1cccc(C(F)(F)F)c1)C(=O)N2CC. The van der Waals surface area contributed by atoms with Crippen molar-refractivity contribution < 1.29 is 31.9 Å². The number of rotatable bonds is 10. The molecule has 6 rings (SSSR count). The Bertz CT molecular complexity index is 1900. The molecule has 2 aliphatic rings. The molecule has 0 radical (unpaired) electrons. The number of halogens is 4. The Morgan fingerprint density at radius 2 is 1.68 bits per heavy atom. The van der Waals surface area contributed by atoms with Gasteiger partial charge in [-0.25, -0.2) is 9.07 Å². The number of anilines is 1. The van der Waals surface area contributed by atoms with E-state index in [2.05, 4.69) is 22.1 Å². The van der Waals surface area contributed by atoms with Gasteiger partial charge in [0, 0.05) is 35.7 Å². The normalized spacial score (nSPS) is 17.8. The number of nitrogens with zero attached hydrogens (tertiary/aromatic N) is 4. The second-order valence-electron chi connectivity index (χ2n) is 12.3. The van der Waals surface area contributed by atoms with Crippen LogP contribution in [0.15, 0.2) is 91.0 Å². The number of hydrogen-bond donors (Lipinski definition) is 2. The van der Waals surface area contributed by atoms with Gasteiger partial charge in [0.2, 0.25) is 5.91 Å². The van der Waals surface area contributed by atoms with Crippen molar-refractivity contribution in [1.29, 1.82) is 0 Å². The Balaban J connectivity index is 1.45. The van der Waals surface area contributed by atoms with Crippen LogP contribution < -0.4 is 15.5 Å². The molecule has 0 unspecified atom stereocenters. The predicted octanol–water partition coefficient (Wildman–Crippen LogP) is 5.60. The van der Waals surface area contributed by atoms with Crippen molar-refractivity contribution in [1.82, 2.24) is 25.3 Å². The zero-order chi connectivity index (χ0) is 35.6. The molecule has 50 heavy (non-hydrogen) atoms. The summed E-state index contributed by atoms with van der Waals surface area (Å²) in [6.07, 6.45) is -2.58. The highest BCUT2D eigenvalue weighted by atomic mass is 19.4. The smallest absolute Gasteiger partial charge is 0.347 e. The second kappa shape index (κ2) is 14.3. The van der Waals surface area contributed by atoms with Crippen LogP contribution >= 0.6 is 0 Å². The zero-order valence-electron chi connectivity index (χ0n) is 27.3. The Morgan fingerprint density at radius 1 is 0.980 bits per heavy atom. The van der Waals surface area contributed by atoms with E-state index in [9.17, 15) is 31.9 Å². The minimum atomic E-state index is -4.69. The Labute approximate surface area is 286 Å². The van der Waals surface area contributed by atoms with Crippen LogP contribution in [0.1, 0.15) is 58.4 Å². The lowest BCUT2D eigenvalue weighted by molar-refractivity contribution is -0.137. The van der Waals surface area contributed by atoms with Crippen molar-refractivity contribution in [3.05, 3.63) is 125 Å². The van der Waals surface area contributed by atoms with Gasteiger partial charge in [0.25, 0.3) is 11.8 Å². The third kappa shape index (κ3) is 7.04. The number of carbonyl (C=O) groups excluding carboxylic acids is 3. The fourth-order valence-electron chi connectivity index (χ4n) is 6.62. The molecule has 1 fully saturated rings. The van der Waals surface area contributed by atoms with E-state index in [1.165, 1.54) is 35.2 Å². The summed E-state index contributed by atoms with van der Waals surface area (Å²) in [4.78, 5) is 44.9. The molecule has 1 aromatic heterocycles. The van der Waals surface area contributed by atoms with Gasteiger partial charge < -0.3 is 10.6 Å². The van der Waals surface area contributed by atoms with Crippen LogP contribution in [-0.2, 0) is 22.3 Å². The lowest BCUT2D eigenvalue weighted by Gasteiger charge is -2.38. The van der Waals surface area contributed by atoms with Gasteiger partial charge in [-0.05, 0) is 80.9 Å². The summed E-state index contributed by atoms with van der Waals surface area (Å²) < 4.78 is 56.4. The number of nitrogens with one attached hydrogen (secondary N) is 2. The van der Waals surface area contributed by atoms with Gasteiger partial charge >= 0.3 is 6.18 Å². The molecule has 1 saturated heterocycles. The molecule has 0 spiro atoms. The molecule has 3 amide bonds. The lowest BCUT2D eigenvalue weighted by atomic mass is 9.80. The van der Waals surface area contributed by atoms with Gasteiger partial charge in [0.1, 0.15) is 17.7 Å². The third-order valence-electron chi connectivity index (χ3n) is 9.04. The van der Waals surface area contributed by atoms with Gasteiger partial charge in [0.15, 0.2) is 0 Å². The van der Waals surface area contributed by atoms with E-state index in [4.69, 9.17) is 5.10 Å². The van der Waals surface area contributed by atoms with Gasteiger partial charge in [-0.2, -0.15) is 18.3 Å². The van der Waals surface area contributed by atoms with E-state index >= 15 is 0 Å². The molecule has 13 heteroatoms. The van der Waals surface area contributed by atoms with E-state index in [1.54, 1.807) is 23.7 Å². The summed E-state index contributed by atoms with van der Waals surface area (Å²) in [5.41, 5.74) is 1.02. The molecular weight excluding hydrogens is 652 g/mol. The number of carbonyl (C=O) groups is 3. The van der Waals surface area contributed by atoms with Crippen molar-refractivity contribution in [3.63, 3.8) is 0 Å². The van der Waals surface area contributed by atoms with Gasteiger partial charge in [-0.1, -0.05) is 43.0 Å². The Hall–Kier alpha value is -5.30. The van der Waals surface area contributed by atoms with Crippen LogP contribution in [0.4, 0.5) is 23.4 Å². The standard InChI is InChI=1S/C37H36F4N6O3/c1-3-46-35-31(29(44-47(35)28-12-5-4-6-13-28)21-42-33(48)23(2)22-45-18-7-8-19-45)30(24-14-16-27(38)17-15-24)32(36(46)50)43-34(49)25-10-9-11-26(20-25)37(39,40)41/h4-6,9-17,20,30,32H,2-3,7-8,18-19,21-22H2,1H3,(H,42,48)(H,43,49)/t30-,32-/m0/s1. The first-order valence-corrected chi connectivity index (χ1v) is 16.4. The van der Waals surface area contributed by atoms with Crippen LogP contribution in [0.2, 0.25) is 0 Å². The molecule has 2 atom stereocenters. The molecule has 3 aromatic carbocycles. The number of fused-ring (bicyclic) bond motifs is 1. The molecule has 0 bridgehead atoms. The van der Waals surface area contributed by atoms with E-state index in [-0.39, 0.29) is 24.6 Å². The van der Waals surface area contributed by atoms with Gasteiger partial charge in [0.05, 0.1) is 23.5 Å².